The van der Waals surface area contributed by atoms with Crippen LogP contribution in [0.25, 0.3) is 0 Å². The fraction of sp³-hybridized carbons (Fsp3) is 0.500. The van der Waals surface area contributed by atoms with Crippen LogP contribution in [-0.4, -0.2) is 22.1 Å². The molecule has 0 saturated heterocycles. The van der Waals surface area contributed by atoms with Gasteiger partial charge in [0.25, 0.3) is 0 Å². The maximum absolute atomic E-state index is 9.03. The third kappa shape index (κ3) is 1.27. The number of hydrogen-bond donors (Lipinski definition) is 3. The fourth-order valence-corrected chi connectivity index (χ4v) is 0.675. The zero-order chi connectivity index (χ0) is 7.56. The zero-order valence-electron chi connectivity index (χ0n) is 6.05. The molecule has 1 atom stereocenters. The summed E-state index contributed by atoms with van der Waals surface area (Å²) in [6, 6.07) is 0. The standard InChI is InChI=1S/C6H11N3O/c1-4(10)5-3-8-6(7-2)9-5/h3-4,10H,1-2H3,(H2,7,8,9). The van der Waals surface area contributed by atoms with Gasteiger partial charge in [0.05, 0.1) is 18.0 Å². The maximum atomic E-state index is 9.03. The van der Waals surface area contributed by atoms with Crippen LogP contribution in [0.1, 0.15) is 18.7 Å². The first-order chi connectivity index (χ1) is 4.74. The highest BCUT2D eigenvalue weighted by molar-refractivity contribution is 5.25. The molecule has 0 aliphatic rings. The molecule has 3 N–H and O–H groups in total. The molecule has 1 heterocycles. The van der Waals surface area contributed by atoms with Gasteiger partial charge in [0.1, 0.15) is 0 Å². The predicted octanol–water partition coefficient (Wildman–Crippen LogP) is 0.505. The van der Waals surface area contributed by atoms with E-state index in [4.69, 9.17) is 5.11 Å². The molecule has 56 valence electrons. The molecule has 0 saturated carbocycles. The summed E-state index contributed by atoms with van der Waals surface area (Å²) < 4.78 is 0. The summed E-state index contributed by atoms with van der Waals surface area (Å²) in [5.41, 5.74) is 0.726. The molecule has 1 aromatic heterocycles. The van der Waals surface area contributed by atoms with E-state index in [1.165, 1.54) is 0 Å². The smallest absolute Gasteiger partial charge is 0.200 e. The third-order valence-electron chi connectivity index (χ3n) is 1.28. The van der Waals surface area contributed by atoms with Gasteiger partial charge in [-0.05, 0) is 6.92 Å². The second-order valence-corrected chi connectivity index (χ2v) is 2.11. The van der Waals surface area contributed by atoms with E-state index in [1.807, 2.05) is 0 Å². The molecule has 1 rings (SSSR count). The average molecular weight is 141 g/mol. The molecule has 0 spiro atoms. The summed E-state index contributed by atoms with van der Waals surface area (Å²) in [5.74, 6) is 0.677. The summed E-state index contributed by atoms with van der Waals surface area (Å²) in [4.78, 5) is 6.82. The number of nitrogens with one attached hydrogen (secondary N) is 2. The van der Waals surface area contributed by atoms with Gasteiger partial charge < -0.3 is 15.4 Å². The van der Waals surface area contributed by atoms with Crippen LogP contribution in [-0.2, 0) is 0 Å². The van der Waals surface area contributed by atoms with E-state index >= 15 is 0 Å². The largest absolute Gasteiger partial charge is 0.387 e. The Morgan fingerprint density at radius 1 is 1.80 bits per heavy atom. The Morgan fingerprint density at radius 2 is 2.50 bits per heavy atom. The van der Waals surface area contributed by atoms with Crippen molar-refractivity contribution in [2.75, 3.05) is 12.4 Å². The van der Waals surface area contributed by atoms with Crippen molar-refractivity contribution >= 4 is 5.95 Å². The van der Waals surface area contributed by atoms with E-state index in [-0.39, 0.29) is 0 Å². The van der Waals surface area contributed by atoms with Crippen LogP contribution in [0.15, 0.2) is 6.20 Å². The fourth-order valence-electron chi connectivity index (χ4n) is 0.675. The first-order valence-electron chi connectivity index (χ1n) is 3.14. The number of rotatable bonds is 2. The summed E-state index contributed by atoms with van der Waals surface area (Å²) in [6.07, 6.45) is 1.13. The predicted molar refractivity (Wildman–Crippen MR) is 38.8 cm³/mol. The highest BCUT2D eigenvalue weighted by Crippen LogP contribution is 2.09. The molecule has 0 aromatic carbocycles. The zero-order valence-corrected chi connectivity index (χ0v) is 6.05. The van der Waals surface area contributed by atoms with Gasteiger partial charge in [-0.3, -0.25) is 0 Å². The van der Waals surface area contributed by atoms with Crippen molar-refractivity contribution in [3.63, 3.8) is 0 Å². The molecule has 0 aliphatic heterocycles. The summed E-state index contributed by atoms with van der Waals surface area (Å²) >= 11 is 0. The van der Waals surface area contributed by atoms with Crippen LogP contribution in [0, 0.1) is 0 Å². The van der Waals surface area contributed by atoms with Gasteiger partial charge in [0, 0.05) is 7.05 Å². The van der Waals surface area contributed by atoms with E-state index in [0.717, 1.165) is 5.69 Å². The molecule has 0 amide bonds. The van der Waals surface area contributed by atoms with Crippen molar-refractivity contribution in [3.05, 3.63) is 11.9 Å². The van der Waals surface area contributed by atoms with E-state index in [9.17, 15) is 0 Å². The minimum atomic E-state index is -0.477. The minimum Gasteiger partial charge on any atom is -0.387 e. The van der Waals surface area contributed by atoms with Crippen molar-refractivity contribution in [2.45, 2.75) is 13.0 Å². The Morgan fingerprint density at radius 3 is 2.80 bits per heavy atom. The average Bonchev–Trinajstić information content (AvgIpc) is 2.34. The van der Waals surface area contributed by atoms with Gasteiger partial charge in [0.2, 0.25) is 0 Å². The van der Waals surface area contributed by atoms with Crippen LogP contribution >= 0.6 is 0 Å². The summed E-state index contributed by atoms with van der Waals surface area (Å²) in [5, 5.41) is 11.9. The molecule has 1 aromatic rings. The molecule has 0 bridgehead atoms. The van der Waals surface area contributed by atoms with E-state index < -0.39 is 6.10 Å². The number of aromatic nitrogens is 2. The lowest BCUT2D eigenvalue weighted by molar-refractivity contribution is 0.195. The Labute approximate surface area is 59.3 Å². The van der Waals surface area contributed by atoms with Crippen LogP contribution < -0.4 is 5.32 Å². The Bertz CT molecular complexity index is 207. The van der Waals surface area contributed by atoms with E-state index in [1.54, 1.807) is 20.2 Å². The lowest BCUT2D eigenvalue weighted by Gasteiger charge is -1.97. The molecule has 1 unspecified atom stereocenters. The molecule has 10 heavy (non-hydrogen) atoms. The van der Waals surface area contributed by atoms with Gasteiger partial charge in [-0.1, -0.05) is 0 Å². The summed E-state index contributed by atoms with van der Waals surface area (Å²) in [6.45, 7) is 1.69. The third-order valence-corrected chi connectivity index (χ3v) is 1.28. The Balaban J connectivity index is 2.78. The van der Waals surface area contributed by atoms with Gasteiger partial charge >= 0.3 is 0 Å². The summed E-state index contributed by atoms with van der Waals surface area (Å²) in [7, 11) is 1.77. The number of imidazole rings is 1. The number of anilines is 1. The topological polar surface area (TPSA) is 60.9 Å². The molecule has 0 fully saturated rings. The van der Waals surface area contributed by atoms with Crippen LogP contribution in [0.2, 0.25) is 0 Å². The highest BCUT2D eigenvalue weighted by atomic mass is 16.3. The maximum Gasteiger partial charge on any atom is 0.200 e. The molecule has 0 radical (unpaired) electrons. The lowest BCUT2D eigenvalue weighted by atomic mass is 10.3. The van der Waals surface area contributed by atoms with Gasteiger partial charge in [-0.2, -0.15) is 0 Å². The van der Waals surface area contributed by atoms with Crippen molar-refractivity contribution in [3.8, 4) is 0 Å². The van der Waals surface area contributed by atoms with Crippen LogP contribution in [0.4, 0.5) is 5.95 Å². The number of aliphatic hydroxyl groups excluding tert-OH is 1. The SMILES string of the molecule is CNc1ncc(C(C)O)[nH]1. The number of aromatic amines is 1. The number of aliphatic hydroxyl groups is 1. The normalized spacial score (nSPS) is 13.1. The van der Waals surface area contributed by atoms with Crippen molar-refractivity contribution in [1.29, 1.82) is 0 Å². The highest BCUT2D eigenvalue weighted by Gasteiger charge is 2.02. The quantitative estimate of drug-likeness (QED) is 0.562. The van der Waals surface area contributed by atoms with Gasteiger partial charge in [-0.15, -0.1) is 0 Å². The van der Waals surface area contributed by atoms with E-state index in [2.05, 4.69) is 15.3 Å². The second kappa shape index (κ2) is 2.70. The Hall–Kier alpha value is -1.03. The molecule has 0 aliphatic carbocycles. The van der Waals surface area contributed by atoms with Crippen molar-refractivity contribution in [1.82, 2.24) is 9.97 Å². The molecular formula is C6H11N3O. The van der Waals surface area contributed by atoms with Gasteiger partial charge in [-0.25, -0.2) is 4.98 Å². The first kappa shape index (κ1) is 7.08. The molecule has 4 heteroatoms. The number of hydrogen-bond acceptors (Lipinski definition) is 3. The Kier molecular flexibility index (Phi) is 1.91. The first-order valence-corrected chi connectivity index (χ1v) is 3.14. The molecular weight excluding hydrogens is 130 g/mol. The van der Waals surface area contributed by atoms with Crippen molar-refractivity contribution < 1.29 is 5.11 Å². The van der Waals surface area contributed by atoms with E-state index in [0.29, 0.717) is 5.95 Å². The minimum absolute atomic E-state index is 0.477. The monoisotopic (exact) mass is 141 g/mol. The number of nitrogens with zero attached hydrogens (tertiary/aromatic N) is 1. The van der Waals surface area contributed by atoms with Crippen LogP contribution in [0.5, 0.6) is 0 Å². The number of H-pyrrole nitrogens is 1. The van der Waals surface area contributed by atoms with Crippen LogP contribution in [0.3, 0.4) is 0 Å². The molecule has 4 nitrogen and oxygen atoms in total. The van der Waals surface area contributed by atoms with Crippen molar-refractivity contribution in [2.24, 2.45) is 0 Å². The van der Waals surface area contributed by atoms with Gasteiger partial charge in [0.15, 0.2) is 5.95 Å². The second-order valence-electron chi connectivity index (χ2n) is 2.11. The lowest BCUT2D eigenvalue weighted by Crippen LogP contribution is -1.92.